The molecule has 0 unspecified atom stereocenters. The van der Waals surface area contributed by atoms with Crippen LogP contribution in [0, 0.1) is 16.7 Å². The molecule has 1 aliphatic carbocycles. The summed E-state index contributed by atoms with van der Waals surface area (Å²) in [6.45, 7) is 20.0. The second-order valence-corrected chi connectivity index (χ2v) is 6.02. The standard InChI is InChI=1S/C11H22.2C2H6/c1-9-6-10(2,3)8-11(4,5)7-9;2*1-2/h9H,6-8H2,1-5H3;2*1-2H3. The molecule has 0 amide bonds. The van der Waals surface area contributed by atoms with Crippen LogP contribution in [0.5, 0.6) is 0 Å². The number of hydrogen-bond acceptors (Lipinski definition) is 0. The van der Waals surface area contributed by atoms with Crippen LogP contribution in [-0.4, -0.2) is 0 Å². The quantitative estimate of drug-likeness (QED) is 0.470. The van der Waals surface area contributed by atoms with Crippen molar-refractivity contribution in [3.8, 4) is 0 Å². The summed E-state index contributed by atoms with van der Waals surface area (Å²) in [5, 5.41) is 0. The summed E-state index contributed by atoms with van der Waals surface area (Å²) >= 11 is 0. The lowest BCUT2D eigenvalue weighted by Gasteiger charge is -2.44. The summed E-state index contributed by atoms with van der Waals surface area (Å²) in [5.41, 5.74) is 1.17. The third-order valence-electron chi connectivity index (χ3n) is 2.76. The third kappa shape index (κ3) is 7.88. The van der Waals surface area contributed by atoms with E-state index in [0.717, 1.165) is 5.92 Å². The zero-order valence-corrected chi connectivity index (χ0v) is 12.7. The van der Waals surface area contributed by atoms with Crippen LogP contribution in [0.25, 0.3) is 0 Å². The zero-order valence-electron chi connectivity index (χ0n) is 12.7. The van der Waals surface area contributed by atoms with Crippen LogP contribution < -0.4 is 0 Å². The van der Waals surface area contributed by atoms with Crippen molar-refractivity contribution in [3.05, 3.63) is 0 Å². The molecule has 0 aliphatic heterocycles. The van der Waals surface area contributed by atoms with E-state index >= 15 is 0 Å². The Hall–Kier alpha value is 0. The van der Waals surface area contributed by atoms with Gasteiger partial charge in [-0.1, -0.05) is 62.3 Å². The van der Waals surface area contributed by atoms with Crippen LogP contribution in [0.1, 0.15) is 81.6 Å². The molecule has 1 aliphatic rings. The Morgan fingerprint density at radius 2 is 1.00 bits per heavy atom. The lowest BCUT2D eigenvalue weighted by atomic mass is 9.62. The van der Waals surface area contributed by atoms with Gasteiger partial charge in [0.25, 0.3) is 0 Å². The Kier molecular flexibility index (Phi) is 8.47. The van der Waals surface area contributed by atoms with Crippen molar-refractivity contribution in [1.82, 2.24) is 0 Å². The lowest BCUT2D eigenvalue weighted by Crippen LogP contribution is -2.32. The Morgan fingerprint density at radius 3 is 1.20 bits per heavy atom. The van der Waals surface area contributed by atoms with Crippen molar-refractivity contribution in [1.29, 1.82) is 0 Å². The maximum atomic E-state index is 2.41. The second kappa shape index (κ2) is 7.30. The van der Waals surface area contributed by atoms with Gasteiger partial charge >= 0.3 is 0 Å². The molecule has 1 rings (SSSR count). The van der Waals surface area contributed by atoms with E-state index in [9.17, 15) is 0 Å². The highest BCUT2D eigenvalue weighted by molar-refractivity contribution is 4.87. The van der Waals surface area contributed by atoms with Gasteiger partial charge in [0.15, 0.2) is 0 Å². The molecule has 0 heterocycles. The first-order chi connectivity index (χ1) is 6.81. The first-order valence-corrected chi connectivity index (χ1v) is 6.81. The number of rotatable bonds is 0. The molecule has 0 bridgehead atoms. The smallest absolute Gasteiger partial charge is 0.0347 e. The van der Waals surface area contributed by atoms with E-state index < -0.39 is 0 Å². The Bertz CT molecular complexity index is 126. The fourth-order valence-electron chi connectivity index (χ4n) is 3.40. The molecule has 15 heavy (non-hydrogen) atoms. The van der Waals surface area contributed by atoms with E-state index in [2.05, 4.69) is 34.6 Å². The average Bonchev–Trinajstić information content (AvgIpc) is 2.04. The minimum Gasteiger partial charge on any atom is -0.0683 e. The first-order valence-electron chi connectivity index (χ1n) is 6.81. The highest BCUT2D eigenvalue weighted by Crippen LogP contribution is 2.47. The molecule has 0 saturated heterocycles. The molecule has 1 saturated carbocycles. The van der Waals surface area contributed by atoms with Crippen LogP contribution in [0.15, 0.2) is 0 Å². The van der Waals surface area contributed by atoms with E-state index in [4.69, 9.17) is 0 Å². The van der Waals surface area contributed by atoms with Crippen LogP contribution in [0.3, 0.4) is 0 Å². The SMILES string of the molecule is CC.CC.CC1CC(C)(C)CC(C)(C)C1. The summed E-state index contributed by atoms with van der Waals surface area (Å²) in [6, 6.07) is 0. The van der Waals surface area contributed by atoms with E-state index in [1.54, 1.807) is 0 Å². The highest BCUT2D eigenvalue weighted by Gasteiger charge is 2.36. The molecular formula is C15H34. The molecule has 0 heteroatoms. The molecule has 0 atom stereocenters. The van der Waals surface area contributed by atoms with Crippen molar-refractivity contribution in [2.75, 3.05) is 0 Å². The first kappa shape index (κ1) is 17.4. The Labute approximate surface area is 98.9 Å². The molecule has 94 valence electrons. The van der Waals surface area contributed by atoms with Crippen molar-refractivity contribution >= 4 is 0 Å². The maximum absolute atomic E-state index is 2.41. The third-order valence-corrected chi connectivity index (χ3v) is 2.76. The van der Waals surface area contributed by atoms with Crippen LogP contribution in [0.2, 0.25) is 0 Å². The summed E-state index contributed by atoms with van der Waals surface area (Å²) < 4.78 is 0. The van der Waals surface area contributed by atoms with Crippen LogP contribution in [0.4, 0.5) is 0 Å². The molecular weight excluding hydrogens is 180 g/mol. The van der Waals surface area contributed by atoms with E-state index in [1.807, 2.05) is 27.7 Å². The molecule has 0 nitrogen and oxygen atoms in total. The molecule has 0 aromatic heterocycles. The molecule has 0 N–H and O–H groups in total. The van der Waals surface area contributed by atoms with Gasteiger partial charge in [0.2, 0.25) is 0 Å². The van der Waals surface area contributed by atoms with E-state index in [-0.39, 0.29) is 0 Å². The Morgan fingerprint density at radius 1 is 0.733 bits per heavy atom. The van der Waals surface area contributed by atoms with E-state index in [1.165, 1.54) is 19.3 Å². The minimum atomic E-state index is 0.584. The normalized spacial score (nSPS) is 23.0. The predicted octanol–water partition coefficient (Wildman–Crippen LogP) is 5.91. The largest absolute Gasteiger partial charge is 0.0683 e. The van der Waals surface area contributed by atoms with Gasteiger partial charge in [-0.2, -0.15) is 0 Å². The van der Waals surface area contributed by atoms with Gasteiger partial charge in [0, 0.05) is 0 Å². The fraction of sp³-hybridized carbons (Fsp3) is 1.00. The molecule has 0 spiro atoms. The summed E-state index contributed by atoms with van der Waals surface area (Å²) in [4.78, 5) is 0. The number of hydrogen-bond donors (Lipinski definition) is 0. The van der Waals surface area contributed by atoms with Crippen molar-refractivity contribution in [2.45, 2.75) is 81.6 Å². The molecule has 0 aromatic carbocycles. The van der Waals surface area contributed by atoms with Crippen molar-refractivity contribution < 1.29 is 0 Å². The minimum absolute atomic E-state index is 0.584. The highest BCUT2D eigenvalue weighted by atomic mass is 14.4. The van der Waals surface area contributed by atoms with Crippen molar-refractivity contribution in [3.63, 3.8) is 0 Å². The van der Waals surface area contributed by atoms with Gasteiger partial charge in [0.05, 0.1) is 0 Å². The van der Waals surface area contributed by atoms with Gasteiger partial charge in [-0.05, 0) is 36.0 Å². The maximum Gasteiger partial charge on any atom is -0.0347 e. The molecule has 0 aromatic rings. The zero-order chi connectivity index (χ0) is 12.7. The van der Waals surface area contributed by atoms with Crippen LogP contribution in [-0.2, 0) is 0 Å². The van der Waals surface area contributed by atoms with Gasteiger partial charge < -0.3 is 0 Å². The van der Waals surface area contributed by atoms with Gasteiger partial charge in [-0.3, -0.25) is 0 Å². The predicted molar refractivity (Wildman–Crippen MR) is 73.3 cm³/mol. The monoisotopic (exact) mass is 214 g/mol. The molecule has 0 radical (unpaired) electrons. The topological polar surface area (TPSA) is 0 Å². The van der Waals surface area contributed by atoms with Gasteiger partial charge in [-0.25, -0.2) is 0 Å². The summed E-state index contributed by atoms with van der Waals surface area (Å²) in [6.07, 6.45) is 4.22. The van der Waals surface area contributed by atoms with Crippen LogP contribution >= 0.6 is 0 Å². The summed E-state index contributed by atoms with van der Waals surface area (Å²) in [7, 11) is 0. The van der Waals surface area contributed by atoms with E-state index in [0.29, 0.717) is 10.8 Å². The lowest BCUT2D eigenvalue weighted by molar-refractivity contribution is 0.0754. The van der Waals surface area contributed by atoms with Gasteiger partial charge in [-0.15, -0.1) is 0 Å². The second-order valence-electron chi connectivity index (χ2n) is 6.02. The summed E-state index contributed by atoms with van der Waals surface area (Å²) in [5.74, 6) is 0.925. The molecule has 1 fully saturated rings. The van der Waals surface area contributed by atoms with Crippen molar-refractivity contribution in [2.24, 2.45) is 16.7 Å². The Balaban J connectivity index is 0. The average molecular weight is 214 g/mol. The fourth-order valence-corrected chi connectivity index (χ4v) is 3.40. The van der Waals surface area contributed by atoms with Gasteiger partial charge in [0.1, 0.15) is 0 Å².